The lowest BCUT2D eigenvalue weighted by atomic mass is 10.0. The number of hydrogen-bond acceptors (Lipinski definition) is 3. The van der Waals surface area contributed by atoms with Crippen LogP contribution in [-0.4, -0.2) is 53.3 Å². The molecule has 0 amide bonds. The summed E-state index contributed by atoms with van der Waals surface area (Å²) in [5.74, 6) is 2.66. The monoisotopic (exact) mass is 216 g/mol. The van der Waals surface area contributed by atoms with Gasteiger partial charge in [0.25, 0.3) is 0 Å². The number of likely N-dealkylation sites (tertiary alicyclic amines) is 1. The normalized spacial score (nSPS) is 35.5. The molecule has 0 aliphatic carbocycles. The van der Waals surface area contributed by atoms with Gasteiger partial charge in [-0.15, -0.1) is 0 Å². The fraction of sp³-hybridized carbons (Fsp3) is 1.00. The average molecular weight is 216 g/mol. The Hall–Kier alpha value is 0.0700. The standard InChI is InChI=1S/C10H20N2OS/c1-12-7-9(8-12)6-11-10-2-4-14(13)5-3-10/h9-11H,2-8H2,1H3. The zero-order valence-corrected chi connectivity index (χ0v) is 9.68. The van der Waals surface area contributed by atoms with Crippen LogP contribution in [0.2, 0.25) is 0 Å². The van der Waals surface area contributed by atoms with Crippen LogP contribution in [0.4, 0.5) is 0 Å². The Bertz CT molecular complexity index is 206. The van der Waals surface area contributed by atoms with E-state index in [4.69, 9.17) is 0 Å². The summed E-state index contributed by atoms with van der Waals surface area (Å²) in [4.78, 5) is 2.35. The molecule has 2 heterocycles. The fourth-order valence-electron chi connectivity index (χ4n) is 2.29. The molecule has 3 nitrogen and oxygen atoms in total. The Labute approximate surface area is 88.7 Å². The third kappa shape index (κ3) is 2.78. The van der Waals surface area contributed by atoms with E-state index in [1.54, 1.807) is 0 Å². The van der Waals surface area contributed by atoms with E-state index in [1.807, 2.05) is 0 Å². The molecule has 2 aliphatic heterocycles. The molecule has 0 atom stereocenters. The van der Waals surface area contributed by atoms with Crippen molar-refractivity contribution >= 4 is 10.8 Å². The molecule has 0 aromatic heterocycles. The van der Waals surface area contributed by atoms with Gasteiger partial charge >= 0.3 is 0 Å². The van der Waals surface area contributed by atoms with Crippen LogP contribution in [0, 0.1) is 5.92 Å². The summed E-state index contributed by atoms with van der Waals surface area (Å²) in [5, 5.41) is 3.60. The van der Waals surface area contributed by atoms with Gasteiger partial charge in [0.2, 0.25) is 0 Å². The van der Waals surface area contributed by atoms with Crippen LogP contribution in [0.5, 0.6) is 0 Å². The van der Waals surface area contributed by atoms with Crippen molar-refractivity contribution in [1.82, 2.24) is 10.2 Å². The van der Waals surface area contributed by atoms with Gasteiger partial charge in [0.1, 0.15) is 0 Å². The molecule has 82 valence electrons. The summed E-state index contributed by atoms with van der Waals surface area (Å²) in [6.07, 6.45) is 2.21. The van der Waals surface area contributed by atoms with Gasteiger partial charge in [0.15, 0.2) is 0 Å². The lowest BCUT2D eigenvalue weighted by molar-refractivity contribution is 0.129. The van der Waals surface area contributed by atoms with Crippen molar-refractivity contribution < 1.29 is 4.21 Å². The fourth-order valence-corrected chi connectivity index (χ4v) is 3.59. The van der Waals surface area contributed by atoms with Crippen molar-refractivity contribution in [3.63, 3.8) is 0 Å². The van der Waals surface area contributed by atoms with Gasteiger partial charge in [-0.05, 0) is 25.8 Å². The van der Waals surface area contributed by atoms with Crippen LogP contribution >= 0.6 is 0 Å². The molecule has 2 saturated heterocycles. The van der Waals surface area contributed by atoms with Gasteiger partial charge in [0, 0.05) is 48.0 Å². The lowest BCUT2D eigenvalue weighted by Crippen LogP contribution is -2.50. The molecule has 2 aliphatic rings. The van der Waals surface area contributed by atoms with Gasteiger partial charge in [-0.3, -0.25) is 4.21 Å². The highest BCUT2D eigenvalue weighted by atomic mass is 32.2. The minimum Gasteiger partial charge on any atom is -0.314 e. The van der Waals surface area contributed by atoms with Crippen LogP contribution in [0.25, 0.3) is 0 Å². The zero-order valence-electron chi connectivity index (χ0n) is 8.87. The first kappa shape index (κ1) is 10.6. The molecular formula is C10H20N2OS. The van der Waals surface area contributed by atoms with Gasteiger partial charge in [0.05, 0.1) is 0 Å². The summed E-state index contributed by atoms with van der Waals surface area (Å²) < 4.78 is 11.1. The van der Waals surface area contributed by atoms with Crippen molar-refractivity contribution in [3.8, 4) is 0 Å². The summed E-state index contributed by atoms with van der Waals surface area (Å²) in [7, 11) is 1.65. The second-order valence-electron chi connectivity index (χ2n) is 4.62. The van der Waals surface area contributed by atoms with Crippen molar-refractivity contribution in [2.75, 3.05) is 38.2 Å². The predicted molar refractivity (Wildman–Crippen MR) is 59.9 cm³/mol. The molecule has 0 spiro atoms. The Kier molecular flexibility index (Phi) is 3.57. The van der Waals surface area contributed by atoms with E-state index in [9.17, 15) is 4.21 Å². The first-order chi connectivity index (χ1) is 6.74. The number of rotatable bonds is 3. The molecule has 2 rings (SSSR count). The van der Waals surface area contributed by atoms with Crippen LogP contribution in [-0.2, 0) is 10.8 Å². The maximum atomic E-state index is 11.1. The SMILES string of the molecule is CN1CC(CNC2CCS(=O)CC2)C1. The Balaban J connectivity index is 1.59. The largest absolute Gasteiger partial charge is 0.314 e. The molecule has 0 radical (unpaired) electrons. The van der Waals surface area contributed by atoms with Crippen LogP contribution in [0.3, 0.4) is 0 Å². The molecule has 0 aromatic rings. The first-order valence-electron chi connectivity index (χ1n) is 5.51. The van der Waals surface area contributed by atoms with Crippen molar-refractivity contribution in [1.29, 1.82) is 0 Å². The molecule has 14 heavy (non-hydrogen) atoms. The predicted octanol–water partition coefficient (Wildman–Crippen LogP) is 0.0487. The molecule has 2 fully saturated rings. The maximum Gasteiger partial charge on any atom is 0.0249 e. The summed E-state index contributed by atoms with van der Waals surface area (Å²) in [6.45, 7) is 3.64. The summed E-state index contributed by atoms with van der Waals surface area (Å²) >= 11 is 0. The Morgan fingerprint density at radius 2 is 2.00 bits per heavy atom. The third-order valence-corrected chi connectivity index (χ3v) is 4.61. The van der Waals surface area contributed by atoms with E-state index in [0.717, 1.165) is 36.8 Å². The quantitative estimate of drug-likeness (QED) is 0.723. The molecule has 0 bridgehead atoms. The summed E-state index contributed by atoms with van der Waals surface area (Å²) in [5.41, 5.74) is 0. The van der Waals surface area contributed by atoms with Gasteiger partial charge in [-0.2, -0.15) is 0 Å². The van der Waals surface area contributed by atoms with E-state index >= 15 is 0 Å². The highest BCUT2D eigenvalue weighted by Crippen LogP contribution is 2.13. The Morgan fingerprint density at radius 1 is 1.36 bits per heavy atom. The van der Waals surface area contributed by atoms with E-state index in [1.165, 1.54) is 13.1 Å². The topological polar surface area (TPSA) is 32.3 Å². The molecule has 1 N–H and O–H groups in total. The third-order valence-electron chi connectivity index (χ3n) is 3.22. The van der Waals surface area contributed by atoms with E-state index in [-0.39, 0.29) is 0 Å². The van der Waals surface area contributed by atoms with Gasteiger partial charge in [-0.1, -0.05) is 0 Å². The second-order valence-corrected chi connectivity index (χ2v) is 6.31. The molecule has 4 heteroatoms. The van der Waals surface area contributed by atoms with Crippen molar-refractivity contribution in [3.05, 3.63) is 0 Å². The van der Waals surface area contributed by atoms with Gasteiger partial charge < -0.3 is 10.2 Å². The maximum absolute atomic E-state index is 11.1. The van der Waals surface area contributed by atoms with E-state index in [0.29, 0.717) is 6.04 Å². The minimum atomic E-state index is -0.517. The molecule has 0 aromatic carbocycles. The van der Waals surface area contributed by atoms with Crippen molar-refractivity contribution in [2.45, 2.75) is 18.9 Å². The van der Waals surface area contributed by atoms with E-state index < -0.39 is 10.8 Å². The molecular weight excluding hydrogens is 196 g/mol. The zero-order chi connectivity index (χ0) is 9.97. The van der Waals surface area contributed by atoms with Crippen LogP contribution in [0.1, 0.15) is 12.8 Å². The first-order valence-corrected chi connectivity index (χ1v) is 7.00. The molecule has 0 saturated carbocycles. The number of hydrogen-bond donors (Lipinski definition) is 1. The smallest absolute Gasteiger partial charge is 0.0249 e. The lowest BCUT2D eigenvalue weighted by Gasteiger charge is -2.37. The summed E-state index contributed by atoms with van der Waals surface area (Å²) in [6, 6.07) is 0.638. The number of nitrogens with zero attached hydrogens (tertiary/aromatic N) is 1. The number of nitrogens with one attached hydrogen (secondary N) is 1. The average Bonchev–Trinajstić information content (AvgIpc) is 2.13. The van der Waals surface area contributed by atoms with Crippen LogP contribution < -0.4 is 5.32 Å². The van der Waals surface area contributed by atoms with Crippen LogP contribution in [0.15, 0.2) is 0 Å². The van der Waals surface area contributed by atoms with Crippen molar-refractivity contribution in [2.24, 2.45) is 5.92 Å². The molecule has 0 unspecified atom stereocenters. The Morgan fingerprint density at radius 3 is 2.57 bits per heavy atom. The highest BCUT2D eigenvalue weighted by Gasteiger charge is 2.24. The minimum absolute atomic E-state index is 0.517. The van der Waals surface area contributed by atoms with Gasteiger partial charge in [-0.25, -0.2) is 0 Å². The van der Waals surface area contributed by atoms with E-state index in [2.05, 4.69) is 17.3 Å². The highest BCUT2D eigenvalue weighted by molar-refractivity contribution is 7.85. The second kappa shape index (κ2) is 4.73.